The predicted molar refractivity (Wildman–Crippen MR) is 126 cm³/mol. The molecule has 0 saturated carbocycles. The number of nitrogens with zero attached hydrogens (tertiary/aromatic N) is 1. The molecule has 1 saturated heterocycles. The van der Waals surface area contributed by atoms with Crippen molar-refractivity contribution < 1.29 is 19.4 Å². The van der Waals surface area contributed by atoms with Crippen LogP contribution in [0.4, 0.5) is 5.69 Å². The van der Waals surface area contributed by atoms with E-state index in [1.165, 1.54) is 19.4 Å². The zero-order chi connectivity index (χ0) is 23.3. The van der Waals surface area contributed by atoms with Crippen LogP contribution in [0.2, 0.25) is 0 Å². The number of aliphatic carboxylic acids is 1. The van der Waals surface area contributed by atoms with Crippen molar-refractivity contribution in [3.63, 3.8) is 0 Å². The number of piperidine rings is 1. The monoisotopic (exact) mass is 438 g/mol. The van der Waals surface area contributed by atoms with Crippen LogP contribution in [0, 0.1) is 5.92 Å². The second-order valence-corrected chi connectivity index (χ2v) is 9.31. The first-order chi connectivity index (χ1) is 15.2. The molecule has 0 radical (unpaired) electrons. The molecule has 3 rings (SSSR count). The van der Waals surface area contributed by atoms with E-state index in [-0.39, 0.29) is 11.8 Å². The van der Waals surface area contributed by atoms with Crippen molar-refractivity contribution in [3.8, 4) is 5.75 Å². The van der Waals surface area contributed by atoms with Gasteiger partial charge in [-0.2, -0.15) is 0 Å². The van der Waals surface area contributed by atoms with Gasteiger partial charge in [-0.3, -0.25) is 4.79 Å². The van der Waals surface area contributed by atoms with E-state index in [4.69, 9.17) is 4.74 Å². The van der Waals surface area contributed by atoms with E-state index in [2.05, 4.69) is 48.3 Å². The molecular formula is C26H34N2O4. The lowest BCUT2D eigenvalue weighted by atomic mass is 9.96. The van der Waals surface area contributed by atoms with Crippen LogP contribution in [0.25, 0.3) is 0 Å². The maximum Gasteiger partial charge on any atom is 0.347 e. The van der Waals surface area contributed by atoms with E-state index in [1.807, 2.05) is 18.2 Å². The zero-order valence-electron chi connectivity index (χ0n) is 19.4. The smallest absolute Gasteiger partial charge is 0.347 e. The highest BCUT2D eigenvalue weighted by molar-refractivity contribution is 5.79. The molecule has 2 aromatic carbocycles. The van der Waals surface area contributed by atoms with Crippen molar-refractivity contribution in [2.45, 2.75) is 58.6 Å². The fraction of sp³-hybridized carbons (Fsp3) is 0.462. The van der Waals surface area contributed by atoms with Crippen LogP contribution in [0.3, 0.4) is 0 Å². The molecule has 0 unspecified atom stereocenters. The Balaban J connectivity index is 1.59. The summed E-state index contributed by atoms with van der Waals surface area (Å²) in [4.78, 5) is 26.4. The number of ether oxygens (including phenoxy) is 1. The highest BCUT2D eigenvalue weighted by Crippen LogP contribution is 2.28. The van der Waals surface area contributed by atoms with Gasteiger partial charge in [-0.05, 0) is 55.9 Å². The number of carboxylic acids is 1. The summed E-state index contributed by atoms with van der Waals surface area (Å²) in [7, 11) is 0. The molecule has 1 fully saturated rings. The van der Waals surface area contributed by atoms with Crippen LogP contribution >= 0.6 is 0 Å². The van der Waals surface area contributed by atoms with E-state index in [0.717, 1.165) is 30.6 Å². The van der Waals surface area contributed by atoms with Crippen molar-refractivity contribution in [2.75, 3.05) is 18.0 Å². The second-order valence-electron chi connectivity index (χ2n) is 9.31. The van der Waals surface area contributed by atoms with Crippen LogP contribution in [-0.2, 0) is 16.1 Å². The Morgan fingerprint density at radius 3 is 2.56 bits per heavy atom. The van der Waals surface area contributed by atoms with Crippen LogP contribution in [0.15, 0.2) is 48.5 Å². The van der Waals surface area contributed by atoms with Gasteiger partial charge in [0, 0.05) is 31.4 Å². The van der Waals surface area contributed by atoms with E-state index in [0.29, 0.717) is 24.8 Å². The van der Waals surface area contributed by atoms with E-state index in [1.54, 1.807) is 6.07 Å². The summed E-state index contributed by atoms with van der Waals surface area (Å²) in [6.45, 7) is 9.40. The average molecular weight is 439 g/mol. The minimum atomic E-state index is -1.31. The van der Waals surface area contributed by atoms with Gasteiger partial charge in [-0.25, -0.2) is 4.79 Å². The van der Waals surface area contributed by atoms with Crippen molar-refractivity contribution in [1.82, 2.24) is 5.32 Å². The fourth-order valence-corrected chi connectivity index (χ4v) is 3.86. The predicted octanol–water partition coefficient (Wildman–Crippen LogP) is 4.58. The molecule has 172 valence electrons. The molecule has 2 aromatic rings. The quantitative estimate of drug-likeness (QED) is 0.630. The lowest BCUT2D eigenvalue weighted by Gasteiger charge is -2.34. The maximum atomic E-state index is 12.8. The molecule has 0 aromatic heterocycles. The van der Waals surface area contributed by atoms with Crippen LogP contribution in [0.5, 0.6) is 5.75 Å². The highest BCUT2D eigenvalue weighted by Gasteiger charge is 2.30. The van der Waals surface area contributed by atoms with Gasteiger partial charge >= 0.3 is 5.97 Å². The number of carboxylic acid groups (broad SMARTS) is 1. The molecule has 6 nitrogen and oxygen atoms in total. The summed E-state index contributed by atoms with van der Waals surface area (Å²) < 4.78 is 5.67. The fourth-order valence-electron chi connectivity index (χ4n) is 3.86. The molecule has 0 spiro atoms. The summed E-state index contributed by atoms with van der Waals surface area (Å²) in [5, 5.41) is 12.4. The average Bonchev–Trinajstić information content (AvgIpc) is 2.77. The standard InChI is InChI=1S/C26H34N2O4/c1-18(2)20-12-10-19(11-13-20)16-27-24(29)21-7-6-14-28(17-21)22-8-5-9-23(15-22)32-26(3,4)25(30)31/h5,8-13,15,18,21H,6-7,14,16-17H2,1-4H3,(H,27,29)(H,30,31)/t21-/m1/s1. The van der Waals surface area contributed by atoms with Crippen molar-refractivity contribution in [3.05, 3.63) is 59.7 Å². The Morgan fingerprint density at radius 1 is 1.19 bits per heavy atom. The Morgan fingerprint density at radius 2 is 1.91 bits per heavy atom. The molecule has 1 amide bonds. The molecule has 0 bridgehead atoms. The third-order valence-electron chi connectivity index (χ3n) is 5.98. The number of amides is 1. The van der Waals surface area contributed by atoms with Gasteiger partial charge in [0.2, 0.25) is 5.91 Å². The number of carbonyl (C=O) groups is 2. The summed E-state index contributed by atoms with van der Waals surface area (Å²) in [6.07, 6.45) is 1.78. The van der Waals surface area contributed by atoms with E-state index >= 15 is 0 Å². The topological polar surface area (TPSA) is 78.9 Å². The lowest BCUT2D eigenvalue weighted by Crippen LogP contribution is -2.43. The normalized spacial score (nSPS) is 16.7. The third kappa shape index (κ3) is 6.02. The summed E-state index contributed by atoms with van der Waals surface area (Å²) >= 11 is 0. The summed E-state index contributed by atoms with van der Waals surface area (Å²) in [6, 6.07) is 15.8. The highest BCUT2D eigenvalue weighted by atomic mass is 16.5. The molecule has 6 heteroatoms. The van der Waals surface area contributed by atoms with Crippen molar-refractivity contribution in [2.24, 2.45) is 5.92 Å². The molecular weight excluding hydrogens is 404 g/mol. The molecule has 0 aliphatic carbocycles. The number of hydrogen-bond acceptors (Lipinski definition) is 4. The largest absolute Gasteiger partial charge is 0.478 e. The number of hydrogen-bond donors (Lipinski definition) is 2. The number of rotatable bonds is 8. The minimum absolute atomic E-state index is 0.0713. The Hall–Kier alpha value is -3.02. The summed E-state index contributed by atoms with van der Waals surface area (Å²) in [5.74, 6) is -0.0329. The number of benzene rings is 2. The first-order valence-corrected chi connectivity index (χ1v) is 11.3. The number of carbonyl (C=O) groups excluding carboxylic acids is 1. The second kappa shape index (κ2) is 10.1. The van der Waals surface area contributed by atoms with Gasteiger partial charge in [0.05, 0.1) is 5.92 Å². The SMILES string of the molecule is CC(C)c1ccc(CNC(=O)[C@@H]2CCCN(c3cccc(OC(C)(C)C(=O)O)c3)C2)cc1. The van der Waals surface area contributed by atoms with E-state index < -0.39 is 11.6 Å². The Labute approximate surface area is 190 Å². The van der Waals surface area contributed by atoms with Crippen molar-refractivity contribution >= 4 is 17.6 Å². The first kappa shape index (κ1) is 23.6. The number of nitrogens with one attached hydrogen (secondary N) is 1. The first-order valence-electron chi connectivity index (χ1n) is 11.3. The van der Waals surface area contributed by atoms with Gasteiger partial charge in [0.25, 0.3) is 0 Å². The maximum absolute atomic E-state index is 12.8. The van der Waals surface area contributed by atoms with Gasteiger partial charge < -0.3 is 20.1 Å². The molecule has 2 N–H and O–H groups in total. The Bertz CT molecular complexity index is 937. The minimum Gasteiger partial charge on any atom is -0.478 e. The molecule has 1 atom stereocenters. The van der Waals surface area contributed by atoms with Crippen molar-refractivity contribution in [1.29, 1.82) is 0 Å². The molecule has 1 heterocycles. The third-order valence-corrected chi connectivity index (χ3v) is 5.98. The van der Waals surface area contributed by atoms with Crippen LogP contribution in [0.1, 0.15) is 57.6 Å². The summed E-state index contributed by atoms with van der Waals surface area (Å²) in [5.41, 5.74) is 2.02. The van der Waals surface area contributed by atoms with Gasteiger partial charge in [-0.15, -0.1) is 0 Å². The van der Waals surface area contributed by atoms with Gasteiger partial charge in [0.1, 0.15) is 5.75 Å². The lowest BCUT2D eigenvalue weighted by molar-refractivity contribution is -0.152. The molecule has 1 aliphatic rings. The van der Waals surface area contributed by atoms with Crippen LogP contribution < -0.4 is 15.0 Å². The Kier molecular flexibility index (Phi) is 7.44. The molecule has 1 aliphatic heterocycles. The number of anilines is 1. The van der Waals surface area contributed by atoms with E-state index in [9.17, 15) is 14.7 Å². The van der Waals surface area contributed by atoms with Crippen LogP contribution in [-0.4, -0.2) is 35.7 Å². The van der Waals surface area contributed by atoms with Gasteiger partial charge in [0.15, 0.2) is 5.60 Å². The zero-order valence-corrected chi connectivity index (χ0v) is 19.4. The molecule has 32 heavy (non-hydrogen) atoms. The van der Waals surface area contributed by atoms with Gasteiger partial charge in [-0.1, -0.05) is 44.2 Å².